The van der Waals surface area contributed by atoms with Crippen molar-refractivity contribution in [1.82, 2.24) is 15.0 Å². The second kappa shape index (κ2) is 13.4. The number of hydrogen-bond donors (Lipinski definition) is 0. The molecule has 0 aliphatic heterocycles. The van der Waals surface area contributed by atoms with E-state index < -0.39 is 0 Å². The summed E-state index contributed by atoms with van der Waals surface area (Å²) in [7, 11) is 0. The number of fused-ring (bicyclic) bond motifs is 3. The van der Waals surface area contributed by atoms with Gasteiger partial charge in [-0.2, -0.15) is 0 Å². The van der Waals surface area contributed by atoms with Gasteiger partial charge < -0.3 is 0 Å². The Kier molecular flexibility index (Phi) is 7.81. The van der Waals surface area contributed by atoms with Gasteiger partial charge in [-0.1, -0.05) is 188 Å². The van der Waals surface area contributed by atoms with E-state index in [1.807, 2.05) is 6.07 Å². The van der Waals surface area contributed by atoms with E-state index in [1.54, 1.807) is 0 Å². The predicted octanol–water partition coefficient (Wildman–Crippen LogP) is 13.3. The average molecular weight is 688 g/mol. The maximum absolute atomic E-state index is 5.25. The fourth-order valence-electron chi connectivity index (χ4n) is 7.70. The van der Waals surface area contributed by atoms with Crippen LogP contribution >= 0.6 is 0 Å². The standard InChI is InChI=1S/C51H33N3/c1-3-14-34(15-4-1)42-24-12-26-46-45(42)25-13-27-48(46)51-53-49(52-50(54-51)47-22-10-9-21-43(47)35-16-5-2-6-17-35)40-31-29-37-32-39(30-28-38(37)33-40)44-23-11-19-36-18-7-8-20-41(36)44/h1-33H. The summed E-state index contributed by atoms with van der Waals surface area (Å²) in [6.07, 6.45) is 0. The quantitative estimate of drug-likeness (QED) is 0.175. The van der Waals surface area contributed by atoms with Crippen LogP contribution in [0.2, 0.25) is 0 Å². The molecule has 0 fully saturated rings. The molecule has 3 nitrogen and oxygen atoms in total. The fourth-order valence-corrected chi connectivity index (χ4v) is 7.70. The summed E-state index contributed by atoms with van der Waals surface area (Å²) in [5.41, 5.74) is 9.82. The van der Waals surface area contributed by atoms with E-state index >= 15 is 0 Å². The highest BCUT2D eigenvalue weighted by atomic mass is 15.0. The Hall–Kier alpha value is -7.23. The molecule has 3 heteroatoms. The SMILES string of the molecule is c1ccc(-c2ccccc2-c2nc(-c3ccc4cc(-c5cccc6ccccc56)ccc4c3)nc(-c3cccc4c(-c5ccccc5)cccc34)n2)cc1. The first-order chi connectivity index (χ1) is 26.8. The Morgan fingerprint density at radius 1 is 0.222 bits per heavy atom. The van der Waals surface area contributed by atoms with Crippen molar-refractivity contribution in [3.63, 3.8) is 0 Å². The first kappa shape index (κ1) is 31.5. The Bertz CT molecular complexity index is 2980. The van der Waals surface area contributed by atoms with Gasteiger partial charge in [0, 0.05) is 16.7 Å². The predicted molar refractivity (Wildman–Crippen MR) is 225 cm³/mol. The molecule has 10 aromatic rings. The van der Waals surface area contributed by atoms with Crippen molar-refractivity contribution < 1.29 is 0 Å². The van der Waals surface area contributed by atoms with E-state index in [0.717, 1.165) is 49.4 Å². The van der Waals surface area contributed by atoms with Crippen LogP contribution in [0, 0.1) is 0 Å². The molecule has 1 aromatic heterocycles. The molecule has 0 N–H and O–H groups in total. The van der Waals surface area contributed by atoms with Crippen molar-refractivity contribution >= 4 is 32.3 Å². The molecule has 10 rings (SSSR count). The molecule has 1 heterocycles. The van der Waals surface area contributed by atoms with Gasteiger partial charge in [0.2, 0.25) is 0 Å². The minimum absolute atomic E-state index is 0.633. The molecule has 0 aliphatic carbocycles. The van der Waals surface area contributed by atoms with Crippen LogP contribution < -0.4 is 0 Å². The summed E-state index contributed by atoms with van der Waals surface area (Å²) in [5, 5.41) is 7.03. The van der Waals surface area contributed by atoms with Gasteiger partial charge >= 0.3 is 0 Å². The van der Waals surface area contributed by atoms with Crippen molar-refractivity contribution in [2.24, 2.45) is 0 Å². The van der Waals surface area contributed by atoms with E-state index in [2.05, 4.69) is 194 Å². The van der Waals surface area contributed by atoms with Crippen LogP contribution in [0.1, 0.15) is 0 Å². The summed E-state index contributed by atoms with van der Waals surface area (Å²) in [6.45, 7) is 0. The number of benzene rings is 9. The smallest absolute Gasteiger partial charge is 0.164 e. The van der Waals surface area contributed by atoms with Gasteiger partial charge in [-0.05, 0) is 77.8 Å². The number of rotatable bonds is 6. The number of hydrogen-bond acceptors (Lipinski definition) is 3. The van der Waals surface area contributed by atoms with Crippen molar-refractivity contribution in [2.45, 2.75) is 0 Å². The summed E-state index contributed by atoms with van der Waals surface area (Å²) in [5.74, 6) is 1.91. The van der Waals surface area contributed by atoms with Crippen molar-refractivity contribution in [3.05, 3.63) is 200 Å². The molecule has 0 unspecified atom stereocenters. The van der Waals surface area contributed by atoms with Crippen LogP contribution in [0.4, 0.5) is 0 Å². The van der Waals surface area contributed by atoms with Crippen LogP contribution in [0.15, 0.2) is 200 Å². The van der Waals surface area contributed by atoms with E-state index in [4.69, 9.17) is 15.0 Å². The Balaban J connectivity index is 1.15. The molecule has 252 valence electrons. The van der Waals surface area contributed by atoms with Crippen molar-refractivity contribution in [1.29, 1.82) is 0 Å². The second-order valence-corrected chi connectivity index (χ2v) is 13.6. The Labute approximate surface area is 313 Å². The Morgan fingerprint density at radius 2 is 0.667 bits per heavy atom. The highest BCUT2D eigenvalue weighted by Gasteiger charge is 2.18. The molecule has 0 saturated carbocycles. The molecule has 0 aliphatic rings. The summed E-state index contributed by atoms with van der Waals surface area (Å²) >= 11 is 0. The molecule has 9 aromatic carbocycles. The van der Waals surface area contributed by atoms with E-state index in [-0.39, 0.29) is 0 Å². The first-order valence-corrected chi connectivity index (χ1v) is 18.3. The minimum Gasteiger partial charge on any atom is -0.208 e. The van der Waals surface area contributed by atoms with Crippen LogP contribution in [0.3, 0.4) is 0 Å². The van der Waals surface area contributed by atoms with Crippen LogP contribution in [-0.4, -0.2) is 15.0 Å². The zero-order chi connectivity index (χ0) is 35.8. The van der Waals surface area contributed by atoms with Crippen molar-refractivity contribution in [3.8, 4) is 67.5 Å². The molecule has 0 atom stereocenters. The largest absolute Gasteiger partial charge is 0.208 e. The first-order valence-electron chi connectivity index (χ1n) is 18.3. The molecular formula is C51H33N3. The van der Waals surface area contributed by atoms with Gasteiger partial charge in [0.05, 0.1) is 0 Å². The third-order valence-electron chi connectivity index (χ3n) is 10.3. The Morgan fingerprint density at radius 3 is 1.41 bits per heavy atom. The lowest BCUT2D eigenvalue weighted by molar-refractivity contribution is 1.08. The van der Waals surface area contributed by atoms with Crippen molar-refractivity contribution in [2.75, 3.05) is 0 Å². The lowest BCUT2D eigenvalue weighted by Crippen LogP contribution is -2.01. The molecule has 0 spiro atoms. The second-order valence-electron chi connectivity index (χ2n) is 13.6. The van der Waals surface area contributed by atoms with Gasteiger partial charge in [-0.25, -0.2) is 15.0 Å². The monoisotopic (exact) mass is 687 g/mol. The molecule has 54 heavy (non-hydrogen) atoms. The molecule has 0 amide bonds. The van der Waals surface area contributed by atoms with Crippen LogP contribution in [0.5, 0.6) is 0 Å². The van der Waals surface area contributed by atoms with E-state index in [0.29, 0.717) is 17.5 Å². The van der Waals surface area contributed by atoms with E-state index in [9.17, 15) is 0 Å². The molecule has 0 bridgehead atoms. The molecule has 0 radical (unpaired) electrons. The normalized spacial score (nSPS) is 11.3. The topological polar surface area (TPSA) is 38.7 Å². The summed E-state index contributed by atoms with van der Waals surface area (Å²) in [4.78, 5) is 15.7. The maximum atomic E-state index is 5.25. The number of nitrogens with zero attached hydrogens (tertiary/aromatic N) is 3. The van der Waals surface area contributed by atoms with Crippen LogP contribution in [0.25, 0.3) is 99.9 Å². The minimum atomic E-state index is 0.633. The summed E-state index contributed by atoms with van der Waals surface area (Å²) in [6, 6.07) is 70.5. The van der Waals surface area contributed by atoms with Gasteiger partial charge in [-0.3, -0.25) is 0 Å². The van der Waals surface area contributed by atoms with Crippen LogP contribution in [-0.2, 0) is 0 Å². The highest BCUT2D eigenvalue weighted by molar-refractivity contribution is 6.04. The lowest BCUT2D eigenvalue weighted by atomic mass is 9.95. The third-order valence-corrected chi connectivity index (χ3v) is 10.3. The zero-order valence-corrected chi connectivity index (χ0v) is 29.4. The lowest BCUT2D eigenvalue weighted by Gasteiger charge is -2.14. The summed E-state index contributed by atoms with van der Waals surface area (Å²) < 4.78 is 0. The average Bonchev–Trinajstić information content (AvgIpc) is 3.26. The highest BCUT2D eigenvalue weighted by Crippen LogP contribution is 2.37. The van der Waals surface area contributed by atoms with Gasteiger partial charge in [0.15, 0.2) is 17.5 Å². The van der Waals surface area contributed by atoms with Gasteiger partial charge in [0.25, 0.3) is 0 Å². The van der Waals surface area contributed by atoms with E-state index in [1.165, 1.54) is 33.0 Å². The maximum Gasteiger partial charge on any atom is 0.164 e. The van der Waals surface area contributed by atoms with Gasteiger partial charge in [0.1, 0.15) is 0 Å². The fraction of sp³-hybridized carbons (Fsp3) is 0. The van der Waals surface area contributed by atoms with Gasteiger partial charge in [-0.15, -0.1) is 0 Å². The third kappa shape index (κ3) is 5.69. The molecular weight excluding hydrogens is 655 g/mol. The zero-order valence-electron chi connectivity index (χ0n) is 29.4. The molecule has 0 saturated heterocycles. The number of aromatic nitrogens is 3.